The summed E-state index contributed by atoms with van der Waals surface area (Å²) in [5.41, 5.74) is 1.76. The SMILES string of the molecule is CCNC(=O)C(Cc1ccccc1)N(Cc1cccc(Cl)c1)C(=O)COc1ccc(Cl)cc1Br. The van der Waals surface area contributed by atoms with Crippen LogP contribution in [0.2, 0.25) is 10.0 Å². The van der Waals surface area contributed by atoms with E-state index in [4.69, 9.17) is 27.9 Å². The van der Waals surface area contributed by atoms with Crippen LogP contribution in [0.25, 0.3) is 0 Å². The molecule has 3 aromatic rings. The number of hydrogen-bond donors (Lipinski definition) is 1. The third kappa shape index (κ3) is 7.49. The lowest BCUT2D eigenvalue weighted by atomic mass is 10.0. The van der Waals surface area contributed by atoms with Crippen molar-refractivity contribution >= 4 is 50.9 Å². The molecule has 0 heterocycles. The Morgan fingerprint density at radius 2 is 1.68 bits per heavy atom. The summed E-state index contributed by atoms with van der Waals surface area (Å²) in [5.74, 6) is -0.0681. The van der Waals surface area contributed by atoms with Gasteiger partial charge in [-0.2, -0.15) is 0 Å². The van der Waals surface area contributed by atoms with Gasteiger partial charge in [-0.25, -0.2) is 0 Å². The Balaban J connectivity index is 1.90. The fourth-order valence-electron chi connectivity index (χ4n) is 3.49. The predicted octanol–water partition coefficient (Wildman–Crippen LogP) is 5.91. The van der Waals surface area contributed by atoms with Gasteiger partial charge in [0.15, 0.2) is 6.61 Å². The number of likely N-dealkylation sites (N-methyl/N-ethyl adjacent to an activating group) is 1. The van der Waals surface area contributed by atoms with Gasteiger partial charge in [0, 0.05) is 29.6 Å². The van der Waals surface area contributed by atoms with Gasteiger partial charge in [0.1, 0.15) is 11.8 Å². The smallest absolute Gasteiger partial charge is 0.261 e. The van der Waals surface area contributed by atoms with E-state index < -0.39 is 6.04 Å². The van der Waals surface area contributed by atoms with Crippen LogP contribution in [0.1, 0.15) is 18.1 Å². The summed E-state index contributed by atoms with van der Waals surface area (Å²) in [6.45, 7) is 2.27. The van der Waals surface area contributed by atoms with Gasteiger partial charge in [0.25, 0.3) is 5.91 Å². The molecule has 0 aromatic heterocycles. The maximum Gasteiger partial charge on any atom is 0.261 e. The van der Waals surface area contributed by atoms with Crippen LogP contribution in [0.4, 0.5) is 0 Å². The average Bonchev–Trinajstić information content (AvgIpc) is 2.81. The van der Waals surface area contributed by atoms with Crippen molar-refractivity contribution in [2.75, 3.05) is 13.2 Å². The Labute approximate surface area is 218 Å². The molecule has 0 spiro atoms. The van der Waals surface area contributed by atoms with Gasteiger partial charge in [0.2, 0.25) is 5.91 Å². The largest absolute Gasteiger partial charge is 0.483 e. The lowest BCUT2D eigenvalue weighted by molar-refractivity contribution is -0.142. The van der Waals surface area contributed by atoms with E-state index >= 15 is 0 Å². The number of halogens is 3. The molecule has 178 valence electrons. The first kappa shape index (κ1) is 26.1. The number of nitrogens with one attached hydrogen (secondary N) is 1. The quantitative estimate of drug-likeness (QED) is 0.333. The van der Waals surface area contributed by atoms with Gasteiger partial charge in [0.05, 0.1) is 4.47 Å². The highest BCUT2D eigenvalue weighted by Gasteiger charge is 2.30. The lowest BCUT2D eigenvalue weighted by Gasteiger charge is -2.31. The normalized spacial score (nSPS) is 11.5. The maximum absolute atomic E-state index is 13.5. The number of carbonyl (C=O) groups is 2. The molecular formula is C26H25BrCl2N2O3. The minimum absolute atomic E-state index is 0.208. The average molecular weight is 564 g/mol. The second kappa shape index (κ2) is 12.8. The molecule has 0 aliphatic rings. The Kier molecular flexibility index (Phi) is 9.81. The fraction of sp³-hybridized carbons (Fsp3) is 0.231. The van der Waals surface area contributed by atoms with Gasteiger partial charge < -0.3 is 15.0 Å². The molecule has 2 amide bonds. The van der Waals surface area contributed by atoms with Gasteiger partial charge in [-0.3, -0.25) is 9.59 Å². The summed E-state index contributed by atoms with van der Waals surface area (Å²) in [6, 6.07) is 21.2. The molecule has 0 bridgehead atoms. The first-order valence-electron chi connectivity index (χ1n) is 10.8. The standard InChI is InChI=1S/C26H25BrCl2N2O3/c1-2-30-26(33)23(14-18-7-4-3-5-8-18)31(16-19-9-6-10-20(28)13-19)25(32)17-34-24-12-11-21(29)15-22(24)27/h3-13,15,23H,2,14,16-17H2,1H3,(H,30,33). The summed E-state index contributed by atoms with van der Waals surface area (Å²) >= 11 is 15.6. The maximum atomic E-state index is 13.5. The zero-order chi connectivity index (χ0) is 24.5. The molecule has 1 unspecified atom stereocenters. The van der Waals surface area contributed by atoms with Crippen LogP contribution in [-0.2, 0) is 22.6 Å². The van der Waals surface area contributed by atoms with E-state index in [1.807, 2.05) is 49.4 Å². The minimum atomic E-state index is -0.730. The Morgan fingerprint density at radius 3 is 2.35 bits per heavy atom. The van der Waals surface area contributed by atoms with Crippen molar-refractivity contribution in [1.82, 2.24) is 10.2 Å². The second-order valence-corrected chi connectivity index (χ2v) is 9.34. The minimum Gasteiger partial charge on any atom is -0.483 e. The van der Waals surface area contributed by atoms with E-state index in [-0.39, 0.29) is 25.0 Å². The fourth-order valence-corrected chi connectivity index (χ4v) is 4.50. The number of ether oxygens (including phenoxy) is 1. The van der Waals surface area contributed by atoms with E-state index in [1.165, 1.54) is 0 Å². The summed E-state index contributed by atoms with van der Waals surface area (Å²) in [4.78, 5) is 28.1. The van der Waals surface area contributed by atoms with Crippen LogP contribution in [0.15, 0.2) is 77.3 Å². The van der Waals surface area contributed by atoms with Crippen molar-refractivity contribution in [1.29, 1.82) is 0 Å². The molecule has 1 N–H and O–H groups in total. The number of benzene rings is 3. The first-order valence-corrected chi connectivity index (χ1v) is 12.4. The van der Waals surface area contributed by atoms with E-state index in [9.17, 15) is 9.59 Å². The lowest BCUT2D eigenvalue weighted by Crippen LogP contribution is -2.51. The third-order valence-electron chi connectivity index (χ3n) is 5.11. The van der Waals surface area contributed by atoms with Gasteiger partial charge in [-0.05, 0) is 64.3 Å². The van der Waals surface area contributed by atoms with Crippen LogP contribution >= 0.6 is 39.1 Å². The van der Waals surface area contributed by atoms with Crippen molar-refractivity contribution in [2.45, 2.75) is 25.9 Å². The van der Waals surface area contributed by atoms with Crippen LogP contribution in [0, 0.1) is 0 Å². The summed E-state index contributed by atoms with van der Waals surface area (Å²) < 4.78 is 6.42. The molecule has 0 aliphatic carbocycles. The Morgan fingerprint density at radius 1 is 0.971 bits per heavy atom. The number of carbonyl (C=O) groups excluding carboxylic acids is 2. The molecular weight excluding hydrogens is 539 g/mol. The molecule has 8 heteroatoms. The Hall–Kier alpha value is -2.54. The zero-order valence-corrected chi connectivity index (χ0v) is 21.7. The number of amides is 2. The van der Waals surface area contributed by atoms with E-state index in [2.05, 4.69) is 21.2 Å². The van der Waals surface area contributed by atoms with Crippen molar-refractivity contribution in [3.05, 3.63) is 98.4 Å². The van der Waals surface area contributed by atoms with Crippen LogP contribution in [0.5, 0.6) is 5.75 Å². The number of nitrogens with zero attached hydrogens (tertiary/aromatic N) is 1. The van der Waals surface area contributed by atoms with Crippen LogP contribution in [-0.4, -0.2) is 35.9 Å². The van der Waals surface area contributed by atoms with Crippen LogP contribution < -0.4 is 10.1 Å². The second-order valence-electron chi connectivity index (χ2n) is 7.62. The Bertz CT molecular complexity index is 1130. The van der Waals surface area contributed by atoms with E-state index in [0.717, 1.165) is 11.1 Å². The summed E-state index contributed by atoms with van der Waals surface area (Å²) in [5, 5.41) is 3.97. The molecule has 0 saturated carbocycles. The molecule has 3 rings (SSSR count). The van der Waals surface area contributed by atoms with E-state index in [1.54, 1.807) is 35.2 Å². The number of rotatable bonds is 10. The van der Waals surface area contributed by atoms with Crippen molar-refractivity contribution in [2.24, 2.45) is 0 Å². The third-order valence-corrected chi connectivity index (χ3v) is 6.20. The van der Waals surface area contributed by atoms with Crippen molar-refractivity contribution in [3.63, 3.8) is 0 Å². The molecule has 0 fully saturated rings. The molecule has 0 saturated heterocycles. The van der Waals surface area contributed by atoms with Gasteiger partial charge in [-0.15, -0.1) is 0 Å². The monoisotopic (exact) mass is 562 g/mol. The van der Waals surface area contributed by atoms with Crippen LogP contribution in [0.3, 0.4) is 0 Å². The summed E-state index contributed by atoms with van der Waals surface area (Å²) in [6.07, 6.45) is 0.365. The highest BCUT2D eigenvalue weighted by atomic mass is 79.9. The van der Waals surface area contributed by atoms with Crippen molar-refractivity contribution in [3.8, 4) is 5.75 Å². The molecule has 0 aliphatic heterocycles. The zero-order valence-electron chi connectivity index (χ0n) is 18.6. The van der Waals surface area contributed by atoms with E-state index in [0.29, 0.717) is 33.2 Å². The molecule has 3 aromatic carbocycles. The first-order chi connectivity index (χ1) is 16.4. The predicted molar refractivity (Wildman–Crippen MR) is 139 cm³/mol. The molecule has 5 nitrogen and oxygen atoms in total. The molecule has 34 heavy (non-hydrogen) atoms. The highest BCUT2D eigenvalue weighted by Crippen LogP contribution is 2.28. The summed E-state index contributed by atoms with van der Waals surface area (Å²) in [7, 11) is 0. The molecule has 0 radical (unpaired) electrons. The molecule has 1 atom stereocenters. The van der Waals surface area contributed by atoms with Crippen molar-refractivity contribution < 1.29 is 14.3 Å². The van der Waals surface area contributed by atoms with Gasteiger partial charge >= 0.3 is 0 Å². The van der Waals surface area contributed by atoms with Gasteiger partial charge in [-0.1, -0.05) is 65.7 Å². The number of hydrogen-bond acceptors (Lipinski definition) is 3. The highest BCUT2D eigenvalue weighted by molar-refractivity contribution is 9.10. The topological polar surface area (TPSA) is 58.6 Å².